The van der Waals surface area contributed by atoms with Crippen molar-refractivity contribution in [1.29, 1.82) is 0 Å². The minimum Gasteiger partial charge on any atom is -0.303 e. The average molecular weight is 139 g/mol. The van der Waals surface area contributed by atoms with Crippen LogP contribution in [0.2, 0.25) is 0 Å². The molecule has 2 fully saturated rings. The van der Waals surface area contributed by atoms with Crippen LogP contribution in [0.25, 0.3) is 0 Å². The van der Waals surface area contributed by atoms with E-state index in [1.807, 2.05) is 0 Å². The van der Waals surface area contributed by atoms with Crippen LogP contribution in [0, 0.1) is 5.92 Å². The molecule has 0 aromatic rings. The Kier molecular flexibility index (Phi) is 1.91. The van der Waals surface area contributed by atoms with Gasteiger partial charge in [0.15, 0.2) is 0 Å². The molecule has 1 radical (unpaired) electrons. The summed E-state index contributed by atoms with van der Waals surface area (Å²) < 4.78 is 0. The van der Waals surface area contributed by atoms with Crippen molar-refractivity contribution in [2.24, 2.45) is 5.92 Å². The van der Waals surface area contributed by atoms with Gasteiger partial charge in [0.1, 0.15) is 0 Å². The van der Waals surface area contributed by atoms with Crippen LogP contribution in [-0.4, -0.2) is 37.6 Å². The van der Waals surface area contributed by atoms with Crippen LogP contribution in [0.3, 0.4) is 0 Å². The maximum atomic E-state index is 4.21. The zero-order chi connectivity index (χ0) is 6.81. The fourth-order valence-electron chi connectivity index (χ4n) is 1.76. The normalized spacial score (nSPS) is 28.8. The standard InChI is InChI=1S/C8H15N2/c1-2-4-10(3-1)7-8-5-9-6-8/h8H,1-7H2. The smallest absolute Gasteiger partial charge is 0.0186 e. The zero-order valence-corrected chi connectivity index (χ0v) is 6.42. The second kappa shape index (κ2) is 2.89. The highest BCUT2D eigenvalue weighted by Gasteiger charge is 2.22. The SMILES string of the molecule is C1CCN(CC2C[N]C2)C1. The number of hydrogen-bond donors (Lipinski definition) is 0. The molecule has 2 rings (SSSR count). The molecule has 0 amide bonds. The number of hydrogen-bond acceptors (Lipinski definition) is 1. The molecule has 10 heavy (non-hydrogen) atoms. The van der Waals surface area contributed by atoms with Crippen molar-refractivity contribution in [2.45, 2.75) is 12.8 Å². The first-order valence-electron chi connectivity index (χ1n) is 4.31. The molecular weight excluding hydrogens is 124 g/mol. The molecule has 0 atom stereocenters. The van der Waals surface area contributed by atoms with Crippen LogP contribution in [0.4, 0.5) is 0 Å². The molecule has 0 spiro atoms. The van der Waals surface area contributed by atoms with Crippen molar-refractivity contribution in [3.63, 3.8) is 0 Å². The van der Waals surface area contributed by atoms with Crippen molar-refractivity contribution >= 4 is 0 Å². The third kappa shape index (κ3) is 1.32. The maximum absolute atomic E-state index is 4.21. The first-order chi connectivity index (χ1) is 4.95. The summed E-state index contributed by atoms with van der Waals surface area (Å²) in [4.78, 5) is 2.58. The van der Waals surface area contributed by atoms with Gasteiger partial charge in [-0.25, -0.2) is 5.32 Å². The molecular formula is C8H15N2. The Balaban J connectivity index is 1.68. The Morgan fingerprint density at radius 2 is 1.90 bits per heavy atom. The number of rotatable bonds is 2. The molecule has 2 heterocycles. The van der Waals surface area contributed by atoms with E-state index in [0.717, 1.165) is 19.0 Å². The van der Waals surface area contributed by atoms with Gasteiger partial charge in [0.05, 0.1) is 0 Å². The Morgan fingerprint density at radius 1 is 1.20 bits per heavy atom. The van der Waals surface area contributed by atoms with E-state index in [0.29, 0.717) is 0 Å². The molecule has 0 unspecified atom stereocenters. The Labute approximate surface area is 62.6 Å². The summed E-state index contributed by atoms with van der Waals surface area (Å²) in [5.74, 6) is 0.915. The molecule has 0 bridgehead atoms. The third-order valence-electron chi connectivity index (χ3n) is 2.49. The molecule has 0 aliphatic carbocycles. The molecule has 0 aromatic carbocycles. The van der Waals surface area contributed by atoms with Crippen LogP contribution >= 0.6 is 0 Å². The van der Waals surface area contributed by atoms with E-state index in [1.54, 1.807) is 0 Å². The fraction of sp³-hybridized carbons (Fsp3) is 1.00. The topological polar surface area (TPSA) is 17.3 Å². The molecule has 0 aromatic heterocycles. The van der Waals surface area contributed by atoms with Crippen LogP contribution in [-0.2, 0) is 0 Å². The molecule has 0 saturated carbocycles. The second-order valence-corrected chi connectivity index (χ2v) is 3.46. The second-order valence-electron chi connectivity index (χ2n) is 3.46. The minimum absolute atomic E-state index is 0.915. The summed E-state index contributed by atoms with van der Waals surface area (Å²) >= 11 is 0. The van der Waals surface area contributed by atoms with Crippen molar-refractivity contribution in [3.8, 4) is 0 Å². The van der Waals surface area contributed by atoms with Gasteiger partial charge >= 0.3 is 0 Å². The van der Waals surface area contributed by atoms with E-state index in [4.69, 9.17) is 0 Å². The summed E-state index contributed by atoms with van der Waals surface area (Å²) in [6, 6.07) is 0. The highest BCUT2D eigenvalue weighted by Crippen LogP contribution is 2.13. The largest absolute Gasteiger partial charge is 0.303 e. The predicted molar refractivity (Wildman–Crippen MR) is 41.0 cm³/mol. The fourth-order valence-corrected chi connectivity index (χ4v) is 1.76. The Morgan fingerprint density at radius 3 is 2.40 bits per heavy atom. The average Bonchev–Trinajstić information content (AvgIpc) is 2.29. The van der Waals surface area contributed by atoms with Gasteiger partial charge in [0.2, 0.25) is 0 Å². The van der Waals surface area contributed by atoms with E-state index < -0.39 is 0 Å². The predicted octanol–water partition coefficient (Wildman–Crippen LogP) is 0.316. The van der Waals surface area contributed by atoms with E-state index in [9.17, 15) is 0 Å². The summed E-state index contributed by atoms with van der Waals surface area (Å²) in [6.45, 7) is 6.28. The van der Waals surface area contributed by atoms with Gasteiger partial charge in [-0.1, -0.05) is 0 Å². The molecule has 2 saturated heterocycles. The first kappa shape index (κ1) is 6.62. The van der Waals surface area contributed by atoms with E-state index in [-0.39, 0.29) is 0 Å². The maximum Gasteiger partial charge on any atom is 0.0186 e. The summed E-state index contributed by atoms with van der Waals surface area (Å²) in [5.41, 5.74) is 0. The van der Waals surface area contributed by atoms with Crippen LogP contribution in [0.1, 0.15) is 12.8 Å². The molecule has 0 N–H and O–H groups in total. The van der Waals surface area contributed by atoms with Gasteiger partial charge in [0, 0.05) is 19.6 Å². The summed E-state index contributed by atoms with van der Waals surface area (Å²) in [7, 11) is 0. The Bertz CT molecular complexity index is 104. The van der Waals surface area contributed by atoms with Crippen molar-refractivity contribution in [1.82, 2.24) is 10.2 Å². The number of likely N-dealkylation sites (tertiary alicyclic amines) is 1. The van der Waals surface area contributed by atoms with E-state index in [2.05, 4.69) is 10.2 Å². The molecule has 2 heteroatoms. The molecule has 2 aliphatic heterocycles. The molecule has 2 aliphatic rings. The highest BCUT2D eigenvalue weighted by atomic mass is 15.2. The van der Waals surface area contributed by atoms with Gasteiger partial charge in [-0.15, -0.1) is 0 Å². The minimum atomic E-state index is 0.915. The van der Waals surface area contributed by atoms with Crippen molar-refractivity contribution < 1.29 is 0 Å². The third-order valence-corrected chi connectivity index (χ3v) is 2.49. The van der Waals surface area contributed by atoms with Gasteiger partial charge in [0.25, 0.3) is 0 Å². The summed E-state index contributed by atoms with van der Waals surface area (Å²) in [6.07, 6.45) is 2.84. The van der Waals surface area contributed by atoms with Crippen molar-refractivity contribution in [3.05, 3.63) is 0 Å². The highest BCUT2D eigenvalue weighted by molar-refractivity contribution is 4.79. The van der Waals surface area contributed by atoms with Crippen LogP contribution in [0.5, 0.6) is 0 Å². The lowest BCUT2D eigenvalue weighted by atomic mass is 10.0. The van der Waals surface area contributed by atoms with Crippen LogP contribution in [0.15, 0.2) is 0 Å². The van der Waals surface area contributed by atoms with Gasteiger partial charge in [-0.3, -0.25) is 0 Å². The molecule has 2 nitrogen and oxygen atoms in total. The van der Waals surface area contributed by atoms with E-state index >= 15 is 0 Å². The zero-order valence-electron chi connectivity index (χ0n) is 6.42. The lowest BCUT2D eigenvalue weighted by Crippen LogP contribution is -2.43. The lowest BCUT2D eigenvalue weighted by molar-refractivity contribution is 0.221. The van der Waals surface area contributed by atoms with Crippen LogP contribution < -0.4 is 5.32 Å². The number of nitrogens with zero attached hydrogens (tertiary/aromatic N) is 2. The van der Waals surface area contributed by atoms with Gasteiger partial charge in [-0.05, 0) is 31.8 Å². The lowest BCUT2D eigenvalue weighted by Gasteiger charge is -2.29. The first-order valence-corrected chi connectivity index (χ1v) is 4.31. The molecule has 57 valence electrons. The summed E-state index contributed by atoms with van der Waals surface area (Å²) in [5, 5.41) is 4.21. The van der Waals surface area contributed by atoms with E-state index in [1.165, 1.54) is 32.5 Å². The Hall–Kier alpha value is -0.0800. The quantitative estimate of drug-likeness (QED) is 0.538. The van der Waals surface area contributed by atoms with Crippen molar-refractivity contribution in [2.75, 3.05) is 32.7 Å². The van der Waals surface area contributed by atoms with Gasteiger partial charge < -0.3 is 4.90 Å². The monoisotopic (exact) mass is 139 g/mol. The van der Waals surface area contributed by atoms with Gasteiger partial charge in [-0.2, -0.15) is 0 Å².